The van der Waals surface area contributed by atoms with Gasteiger partial charge in [0.25, 0.3) is 0 Å². The summed E-state index contributed by atoms with van der Waals surface area (Å²) in [6.07, 6.45) is 0. The normalized spacial score (nSPS) is 9.40. The van der Waals surface area contributed by atoms with Crippen molar-refractivity contribution >= 4 is 5.82 Å². The second-order valence-electron chi connectivity index (χ2n) is 1.60. The van der Waals surface area contributed by atoms with Crippen molar-refractivity contribution in [2.45, 2.75) is 0 Å². The molecule has 4 nitrogen and oxygen atoms in total. The van der Waals surface area contributed by atoms with E-state index in [4.69, 9.17) is 5.73 Å². The number of halogens is 1. The SMILES string of the molecule is COc1nc(N)cc(F)n1. The number of hydrogen-bond donors (Lipinski definition) is 1. The second-order valence-corrected chi connectivity index (χ2v) is 1.60. The van der Waals surface area contributed by atoms with E-state index in [9.17, 15) is 4.39 Å². The molecule has 0 atom stereocenters. The molecule has 54 valence electrons. The van der Waals surface area contributed by atoms with Crippen molar-refractivity contribution in [3.63, 3.8) is 0 Å². The lowest BCUT2D eigenvalue weighted by atomic mass is 10.6. The number of aromatic nitrogens is 2. The van der Waals surface area contributed by atoms with Gasteiger partial charge in [0.05, 0.1) is 7.11 Å². The van der Waals surface area contributed by atoms with Gasteiger partial charge in [0.1, 0.15) is 5.82 Å². The van der Waals surface area contributed by atoms with Crippen molar-refractivity contribution in [1.29, 1.82) is 0 Å². The molecule has 10 heavy (non-hydrogen) atoms. The maximum atomic E-state index is 12.3. The topological polar surface area (TPSA) is 61.0 Å². The van der Waals surface area contributed by atoms with Crippen LogP contribution < -0.4 is 10.5 Å². The summed E-state index contributed by atoms with van der Waals surface area (Å²) in [5.74, 6) is -0.631. The van der Waals surface area contributed by atoms with Crippen molar-refractivity contribution in [3.8, 4) is 6.01 Å². The van der Waals surface area contributed by atoms with Crippen molar-refractivity contribution < 1.29 is 9.13 Å². The van der Waals surface area contributed by atoms with Crippen LogP contribution in [0.2, 0.25) is 0 Å². The van der Waals surface area contributed by atoms with E-state index in [1.807, 2.05) is 0 Å². The predicted molar refractivity (Wildman–Crippen MR) is 33.0 cm³/mol. The molecule has 2 N–H and O–H groups in total. The van der Waals surface area contributed by atoms with Crippen LogP contribution >= 0.6 is 0 Å². The molecule has 0 saturated carbocycles. The molecule has 0 fully saturated rings. The van der Waals surface area contributed by atoms with E-state index >= 15 is 0 Å². The predicted octanol–water partition coefficient (Wildman–Crippen LogP) is 0.207. The number of rotatable bonds is 1. The van der Waals surface area contributed by atoms with Crippen LogP contribution in [-0.4, -0.2) is 17.1 Å². The Morgan fingerprint density at radius 3 is 2.80 bits per heavy atom. The first kappa shape index (κ1) is 6.73. The minimum Gasteiger partial charge on any atom is -0.467 e. The van der Waals surface area contributed by atoms with E-state index < -0.39 is 5.95 Å². The van der Waals surface area contributed by atoms with Crippen LogP contribution in [-0.2, 0) is 0 Å². The minimum absolute atomic E-state index is 0.0579. The Labute approximate surface area is 56.9 Å². The van der Waals surface area contributed by atoms with Gasteiger partial charge in [-0.3, -0.25) is 0 Å². The molecule has 1 aromatic rings. The average molecular weight is 143 g/mol. The number of methoxy groups -OCH3 is 1. The number of nitrogen functional groups attached to an aromatic ring is 1. The van der Waals surface area contributed by atoms with Gasteiger partial charge in [0.2, 0.25) is 5.95 Å². The first-order valence-electron chi connectivity index (χ1n) is 2.56. The maximum absolute atomic E-state index is 12.3. The van der Waals surface area contributed by atoms with Gasteiger partial charge in [-0.1, -0.05) is 0 Å². The summed E-state index contributed by atoms with van der Waals surface area (Å²) in [4.78, 5) is 6.83. The Bertz CT molecular complexity index is 220. The van der Waals surface area contributed by atoms with Crippen LogP contribution in [0.3, 0.4) is 0 Å². The summed E-state index contributed by atoms with van der Waals surface area (Å²) >= 11 is 0. The van der Waals surface area contributed by atoms with E-state index in [0.29, 0.717) is 0 Å². The van der Waals surface area contributed by atoms with E-state index in [2.05, 4.69) is 14.7 Å². The molecule has 1 aromatic heterocycles. The molecule has 0 unspecified atom stereocenters. The van der Waals surface area contributed by atoms with Crippen LogP contribution in [0.15, 0.2) is 6.07 Å². The maximum Gasteiger partial charge on any atom is 0.320 e. The quantitative estimate of drug-likeness (QED) is 0.570. The Morgan fingerprint density at radius 2 is 2.30 bits per heavy atom. The summed E-state index contributed by atoms with van der Waals surface area (Å²) in [5, 5.41) is 0. The van der Waals surface area contributed by atoms with Gasteiger partial charge in [-0.15, -0.1) is 0 Å². The third-order valence-electron chi connectivity index (χ3n) is 0.877. The van der Waals surface area contributed by atoms with Gasteiger partial charge >= 0.3 is 6.01 Å². The Morgan fingerprint density at radius 1 is 1.60 bits per heavy atom. The number of anilines is 1. The smallest absolute Gasteiger partial charge is 0.320 e. The third kappa shape index (κ3) is 1.31. The molecule has 0 radical (unpaired) electrons. The average Bonchev–Trinajstić information content (AvgIpc) is 1.85. The van der Waals surface area contributed by atoms with Gasteiger partial charge in [-0.2, -0.15) is 14.4 Å². The van der Waals surface area contributed by atoms with Gasteiger partial charge in [-0.05, 0) is 0 Å². The molecule has 0 spiro atoms. The van der Waals surface area contributed by atoms with E-state index in [1.165, 1.54) is 7.11 Å². The molecule has 0 aliphatic rings. The molecule has 0 bridgehead atoms. The fraction of sp³-hybridized carbons (Fsp3) is 0.200. The highest BCUT2D eigenvalue weighted by molar-refractivity contribution is 5.27. The van der Waals surface area contributed by atoms with E-state index in [1.54, 1.807) is 0 Å². The van der Waals surface area contributed by atoms with Gasteiger partial charge in [-0.25, -0.2) is 0 Å². The number of ether oxygens (including phenoxy) is 1. The number of nitrogens with zero attached hydrogens (tertiary/aromatic N) is 2. The van der Waals surface area contributed by atoms with Gasteiger partial charge in [0, 0.05) is 6.07 Å². The summed E-state index contributed by atoms with van der Waals surface area (Å²) < 4.78 is 16.8. The molecular formula is C5H6FN3O. The molecule has 1 heterocycles. The zero-order valence-corrected chi connectivity index (χ0v) is 5.34. The molecular weight excluding hydrogens is 137 g/mol. The van der Waals surface area contributed by atoms with Crippen molar-refractivity contribution in [3.05, 3.63) is 12.0 Å². The van der Waals surface area contributed by atoms with Crippen LogP contribution in [0, 0.1) is 5.95 Å². The lowest BCUT2D eigenvalue weighted by Crippen LogP contribution is -1.98. The first-order valence-corrected chi connectivity index (χ1v) is 2.56. The van der Waals surface area contributed by atoms with Crippen LogP contribution in [0.4, 0.5) is 10.2 Å². The standard InChI is InChI=1S/C5H6FN3O/c1-10-5-8-3(6)2-4(7)9-5/h2H,1H3,(H2,7,8,9). The fourth-order valence-corrected chi connectivity index (χ4v) is 0.505. The first-order chi connectivity index (χ1) is 4.72. The Hall–Kier alpha value is -1.39. The van der Waals surface area contributed by atoms with Gasteiger partial charge < -0.3 is 10.5 Å². The minimum atomic E-state index is -0.690. The molecule has 5 heteroatoms. The summed E-state index contributed by atoms with van der Waals surface area (Å²) in [5.41, 5.74) is 5.16. The molecule has 0 aliphatic carbocycles. The number of hydrogen-bond acceptors (Lipinski definition) is 4. The van der Waals surface area contributed by atoms with Crippen LogP contribution in [0.1, 0.15) is 0 Å². The zero-order chi connectivity index (χ0) is 7.56. The monoisotopic (exact) mass is 143 g/mol. The van der Waals surface area contributed by atoms with Crippen LogP contribution in [0.5, 0.6) is 6.01 Å². The lowest BCUT2D eigenvalue weighted by molar-refractivity contribution is 0.370. The Kier molecular flexibility index (Phi) is 1.66. The third-order valence-corrected chi connectivity index (χ3v) is 0.877. The van der Waals surface area contributed by atoms with Crippen LogP contribution in [0.25, 0.3) is 0 Å². The van der Waals surface area contributed by atoms with Crippen molar-refractivity contribution in [1.82, 2.24) is 9.97 Å². The second kappa shape index (κ2) is 2.47. The largest absolute Gasteiger partial charge is 0.467 e. The van der Waals surface area contributed by atoms with Gasteiger partial charge in [0.15, 0.2) is 0 Å². The fourth-order valence-electron chi connectivity index (χ4n) is 0.505. The molecule has 0 aromatic carbocycles. The summed E-state index contributed by atoms with van der Waals surface area (Å²) in [6.45, 7) is 0. The van der Waals surface area contributed by atoms with E-state index in [-0.39, 0.29) is 11.8 Å². The molecule has 0 amide bonds. The highest BCUT2D eigenvalue weighted by Crippen LogP contribution is 2.05. The molecule has 1 rings (SSSR count). The Balaban J connectivity index is 3.06. The highest BCUT2D eigenvalue weighted by Gasteiger charge is 1.99. The summed E-state index contributed by atoms with van der Waals surface area (Å²) in [6, 6.07) is 0.959. The zero-order valence-electron chi connectivity index (χ0n) is 5.34. The van der Waals surface area contributed by atoms with E-state index in [0.717, 1.165) is 6.07 Å². The lowest BCUT2D eigenvalue weighted by Gasteiger charge is -1.96. The van der Waals surface area contributed by atoms with Crippen molar-refractivity contribution in [2.75, 3.05) is 12.8 Å². The number of nitrogens with two attached hydrogens (primary N) is 1. The molecule has 0 saturated heterocycles. The molecule has 0 aliphatic heterocycles. The highest BCUT2D eigenvalue weighted by atomic mass is 19.1. The van der Waals surface area contributed by atoms with Crippen molar-refractivity contribution in [2.24, 2.45) is 0 Å². The summed E-state index contributed by atoms with van der Waals surface area (Å²) in [7, 11) is 1.34.